The summed E-state index contributed by atoms with van der Waals surface area (Å²) in [6.45, 7) is 1.78. The lowest BCUT2D eigenvalue weighted by atomic mass is 10.3. The Morgan fingerprint density at radius 3 is 1.16 bits per heavy atom. The summed E-state index contributed by atoms with van der Waals surface area (Å²) in [5.74, 6) is -3.41. The lowest BCUT2D eigenvalue weighted by Gasteiger charge is -2.32. The number of rotatable bonds is 10. The first kappa shape index (κ1) is 26.4. The number of hydrogen-bond acceptors (Lipinski definition) is 9. The van der Waals surface area contributed by atoms with Crippen LogP contribution in [0.5, 0.6) is 0 Å². The summed E-state index contributed by atoms with van der Waals surface area (Å²) in [6.07, 6.45) is 0.570. The van der Waals surface area contributed by atoms with Crippen molar-refractivity contribution in [1.82, 2.24) is 24.9 Å². The van der Waals surface area contributed by atoms with Gasteiger partial charge in [-0.05, 0) is 0 Å². The Bertz CT molecular complexity index is 600. The third-order valence-electron chi connectivity index (χ3n) is 4.76. The van der Waals surface area contributed by atoms with Gasteiger partial charge in [0.25, 0.3) is 0 Å². The predicted molar refractivity (Wildman–Crippen MR) is 108 cm³/mol. The molecule has 0 bridgehead atoms. The Balaban J connectivity index is 2.92. The zero-order chi connectivity index (χ0) is 23.2. The van der Waals surface area contributed by atoms with Crippen molar-refractivity contribution >= 4 is 30.1 Å². The van der Waals surface area contributed by atoms with Crippen molar-refractivity contribution in [3.8, 4) is 0 Å². The molecule has 0 spiro atoms. The monoisotopic (exact) mass is 445 g/mol. The molecule has 1 rings (SSSR count). The van der Waals surface area contributed by atoms with Crippen molar-refractivity contribution in [2.45, 2.75) is 0 Å². The van der Waals surface area contributed by atoms with E-state index < -0.39 is 17.9 Å². The third-order valence-corrected chi connectivity index (χ3v) is 4.76. The molecule has 0 aromatic carbocycles. The standard InChI is InChI=1S/C18H31N5O8/c24-10-1-19-15(25)11-20-2-4-21(12-16(26)27)6-8-23(14-18(30)31)9-7-22(5-3-20)13-17(28)29/h10H,1-9,11-14H2,(H,19,25)(H,26,27)(H,28,29)(H,30,31). The lowest BCUT2D eigenvalue weighted by Crippen LogP contribution is -2.49. The van der Waals surface area contributed by atoms with Gasteiger partial charge >= 0.3 is 17.9 Å². The van der Waals surface area contributed by atoms with Gasteiger partial charge in [-0.15, -0.1) is 0 Å². The van der Waals surface area contributed by atoms with Crippen LogP contribution < -0.4 is 5.32 Å². The molecule has 0 aromatic heterocycles. The van der Waals surface area contributed by atoms with E-state index in [4.69, 9.17) is 5.11 Å². The molecule has 4 N–H and O–H groups in total. The highest BCUT2D eigenvalue weighted by molar-refractivity contribution is 5.80. The highest BCUT2D eigenvalue weighted by Gasteiger charge is 2.20. The largest absolute Gasteiger partial charge is 0.480 e. The number of carboxylic acid groups (broad SMARTS) is 3. The van der Waals surface area contributed by atoms with Gasteiger partial charge in [0.1, 0.15) is 6.29 Å². The molecule has 0 unspecified atom stereocenters. The van der Waals surface area contributed by atoms with E-state index >= 15 is 0 Å². The van der Waals surface area contributed by atoms with Gasteiger partial charge in [-0.3, -0.25) is 38.8 Å². The van der Waals surface area contributed by atoms with Crippen LogP contribution in [0.3, 0.4) is 0 Å². The van der Waals surface area contributed by atoms with Crippen LogP contribution in [0.4, 0.5) is 0 Å². The number of carboxylic acids is 3. The Morgan fingerprint density at radius 2 is 0.903 bits per heavy atom. The SMILES string of the molecule is O=CCNC(=O)CN1CCN(CC(=O)O)CCN(CC(=O)O)CCN(CC(=O)O)CC1. The van der Waals surface area contributed by atoms with E-state index in [2.05, 4.69) is 5.32 Å². The van der Waals surface area contributed by atoms with Crippen LogP contribution in [0.1, 0.15) is 0 Å². The first-order valence-electron chi connectivity index (χ1n) is 9.94. The van der Waals surface area contributed by atoms with E-state index in [1.54, 1.807) is 19.6 Å². The minimum Gasteiger partial charge on any atom is -0.480 e. The van der Waals surface area contributed by atoms with Crippen LogP contribution in [0.25, 0.3) is 0 Å². The maximum atomic E-state index is 12.0. The highest BCUT2D eigenvalue weighted by atomic mass is 16.4. The fraction of sp³-hybridized carbons (Fsp3) is 0.722. The molecular formula is C18H31N5O8. The van der Waals surface area contributed by atoms with Gasteiger partial charge in [-0.25, -0.2) is 0 Å². The van der Waals surface area contributed by atoms with Crippen molar-refractivity contribution in [2.24, 2.45) is 0 Å². The van der Waals surface area contributed by atoms with Crippen LogP contribution in [-0.4, -0.2) is 150 Å². The molecule has 1 heterocycles. The summed E-state index contributed by atoms with van der Waals surface area (Å²) in [5, 5.41) is 29.9. The van der Waals surface area contributed by atoms with E-state index in [-0.39, 0.29) is 38.6 Å². The van der Waals surface area contributed by atoms with Crippen LogP contribution in [-0.2, 0) is 24.0 Å². The van der Waals surface area contributed by atoms with Crippen LogP contribution in [0.2, 0.25) is 0 Å². The summed E-state index contributed by atoms with van der Waals surface area (Å²) in [4.78, 5) is 62.8. The molecule has 1 saturated heterocycles. The Morgan fingerprint density at radius 1 is 0.613 bits per heavy atom. The van der Waals surface area contributed by atoms with Crippen LogP contribution >= 0.6 is 0 Å². The molecule has 31 heavy (non-hydrogen) atoms. The minimum absolute atomic E-state index is 0.0131. The molecule has 176 valence electrons. The van der Waals surface area contributed by atoms with Gasteiger partial charge in [0.05, 0.1) is 32.7 Å². The van der Waals surface area contributed by atoms with Crippen molar-refractivity contribution in [3.63, 3.8) is 0 Å². The van der Waals surface area contributed by atoms with E-state index in [1.165, 1.54) is 0 Å². The fourth-order valence-corrected chi connectivity index (χ4v) is 3.20. The second kappa shape index (κ2) is 14.4. The van der Waals surface area contributed by atoms with E-state index in [9.17, 15) is 34.2 Å². The van der Waals surface area contributed by atoms with Crippen LogP contribution in [0, 0.1) is 0 Å². The summed E-state index contributed by atoms with van der Waals surface area (Å²) in [7, 11) is 0. The minimum atomic E-state index is -1.02. The molecule has 0 saturated carbocycles. The molecule has 0 aromatic rings. The second-order valence-electron chi connectivity index (χ2n) is 7.26. The van der Waals surface area contributed by atoms with Gasteiger partial charge in [-0.1, -0.05) is 0 Å². The highest BCUT2D eigenvalue weighted by Crippen LogP contribution is 2.01. The number of carbonyl (C=O) groups excluding carboxylic acids is 2. The topological polar surface area (TPSA) is 171 Å². The first-order valence-corrected chi connectivity index (χ1v) is 9.94. The number of aldehydes is 1. The van der Waals surface area contributed by atoms with Gasteiger partial charge in [0, 0.05) is 52.4 Å². The Kier molecular flexibility index (Phi) is 12.3. The van der Waals surface area contributed by atoms with Crippen LogP contribution in [0.15, 0.2) is 0 Å². The average molecular weight is 445 g/mol. The van der Waals surface area contributed by atoms with E-state index in [0.717, 1.165) is 0 Å². The maximum absolute atomic E-state index is 12.0. The molecule has 1 fully saturated rings. The summed E-state index contributed by atoms with van der Waals surface area (Å²) in [6, 6.07) is 0. The molecule has 1 aliphatic heterocycles. The zero-order valence-electron chi connectivity index (χ0n) is 17.4. The smallest absolute Gasteiger partial charge is 0.317 e. The summed E-state index contributed by atoms with van der Waals surface area (Å²) < 4.78 is 0. The Labute approximate surface area is 180 Å². The van der Waals surface area contributed by atoms with Gasteiger partial charge in [0.2, 0.25) is 5.91 Å². The van der Waals surface area contributed by atoms with E-state index in [1.807, 2.05) is 0 Å². The molecule has 1 aliphatic rings. The molecule has 1 amide bonds. The number of nitrogens with one attached hydrogen (secondary N) is 1. The molecule has 0 radical (unpaired) electrons. The first-order chi connectivity index (χ1) is 14.7. The van der Waals surface area contributed by atoms with Gasteiger partial charge < -0.3 is 25.4 Å². The van der Waals surface area contributed by atoms with Crippen molar-refractivity contribution < 1.29 is 39.3 Å². The number of aliphatic carboxylic acids is 3. The van der Waals surface area contributed by atoms with Crippen molar-refractivity contribution in [3.05, 3.63) is 0 Å². The zero-order valence-corrected chi connectivity index (χ0v) is 17.4. The molecule has 0 aliphatic carbocycles. The summed E-state index contributed by atoms with van der Waals surface area (Å²) in [5.41, 5.74) is 0. The Hall–Kier alpha value is -2.61. The fourth-order valence-electron chi connectivity index (χ4n) is 3.20. The van der Waals surface area contributed by atoms with E-state index in [0.29, 0.717) is 58.6 Å². The maximum Gasteiger partial charge on any atom is 0.317 e. The number of hydrogen-bond donors (Lipinski definition) is 4. The number of nitrogens with zero attached hydrogens (tertiary/aromatic N) is 4. The second-order valence-corrected chi connectivity index (χ2v) is 7.26. The molecule has 13 nitrogen and oxygen atoms in total. The molecular weight excluding hydrogens is 414 g/mol. The van der Waals surface area contributed by atoms with Gasteiger partial charge in [0.15, 0.2) is 0 Å². The quantitative estimate of drug-likeness (QED) is 0.248. The normalized spacial score (nSPS) is 18.5. The predicted octanol–water partition coefficient (Wildman–Crippen LogP) is -3.22. The number of carbonyl (C=O) groups is 5. The number of amides is 1. The lowest BCUT2D eigenvalue weighted by molar-refractivity contribution is -0.140. The van der Waals surface area contributed by atoms with Crippen molar-refractivity contribution in [1.29, 1.82) is 0 Å². The molecule has 13 heteroatoms. The average Bonchev–Trinajstić information content (AvgIpc) is 2.67. The third kappa shape index (κ3) is 12.6. The molecule has 0 atom stereocenters. The summed E-state index contributed by atoms with van der Waals surface area (Å²) >= 11 is 0. The van der Waals surface area contributed by atoms with Crippen molar-refractivity contribution in [2.75, 3.05) is 85.1 Å². The van der Waals surface area contributed by atoms with Gasteiger partial charge in [-0.2, -0.15) is 0 Å².